The van der Waals surface area contributed by atoms with E-state index in [0.717, 1.165) is 30.2 Å². The minimum atomic E-state index is -0.201. The van der Waals surface area contributed by atoms with E-state index in [-0.39, 0.29) is 17.3 Å². The number of hydrogen-bond acceptors (Lipinski definition) is 3. The van der Waals surface area contributed by atoms with Crippen LogP contribution in [-0.4, -0.2) is 34.6 Å². The number of H-pyrrole nitrogens is 1. The standard InChI is InChI=1S/C18H24FN3O/c1-18(2,3)16-10-20-17(21-16)15-12-23-9-8-22(15)11-13-4-6-14(19)7-5-13/h4-7,10,15H,8-9,11-12H2,1-3H3,(H,20,21). The highest BCUT2D eigenvalue weighted by Crippen LogP contribution is 2.27. The number of hydrogen-bond donors (Lipinski definition) is 1. The molecular weight excluding hydrogens is 293 g/mol. The summed E-state index contributed by atoms with van der Waals surface area (Å²) in [7, 11) is 0. The summed E-state index contributed by atoms with van der Waals surface area (Å²) in [6, 6.07) is 6.80. The average molecular weight is 317 g/mol. The fourth-order valence-electron chi connectivity index (χ4n) is 2.79. The summed E-state index contributed by atoms with van der Waals surface area (Å²) in [5, 5.41) is 0. The Hall–Kier alpha value is -1.72. The van der Waals surface area contributed by atoms with E-state index in [9.17, 15) is 4.39 Å². The molecule has 23 heavy (non-hydrogen) atoms. The number of halogens is 1. The van der Waals surface area contributed by atoms with Crippen molar-refractivity contribution < 1.29 is 9.13 Å². The monoisotopic (exact) mass is 317 g/mol. The van der Waals surface area contributed by atoms with Gasteiger partial charge in [-0.25, -0.2) is 9.37 Å². The first-order valence-corrected chi connectivity index (χ1v) is 8.05. The van der Waals surface area contributed by atoms with Crippen LogP contribution in [0.25, 0.3) is 0 Å². The van der Waals surface area contributed by atoms with Crippen molar-refractivity contribution in [1.82, 2.24) is 14.9 Å². The fourth-order valence-corrected chi connectivity index (χ4v) is 2.79. The Kier molecular flexibility index (Phi) is 4.50. The van der Waals surface area contributed by atoms with Crippen LogP contribution in [0.15, 0.2) is 30.5 Å². The van der Waals surface area contributed by atoms with Crippen LogP contribution in [0.1, 0.15) is 43.9 Å². The Morgan fingerprint density at radius 3 is 2.70 bits per heavy atom. The molecule has 0 amide bonds. The molecule has 0 saturated carbocycles. The van der Waals surface area contributed by atoms with E-state index in [1.54, 1.807) is 0 Å². The summed E-state index contributed by atoms with van der Waals surface area (Å²) in [5.41, 5.74) is 2.27. The molecule has 0 radical (unpaired) electrons. The van der Waals surface area contributed by atoms with Crippen molar-refractivity contribution in [2.24, 2.45) is 0 Å². The van der Waals surface area contributed by atoms with Crippen molar-refractivity contribution in [2.45, 2.75) is 38.8 Å². The van der Waals surface area contributed by atoms with Crippen LogP contribution >= 0.6 is 0 Å². The molecule has 1 aromatic heterocycles. The molecule has 1 saturated heterocycles. The lowest BCUT2D eigenvalue weighted by Crippen LogP contribution is -2.39. The number of imidazole rings is 1. The molecule has 4 nitrogen and oxygen atoms in total. The van der Waals surface area contributed by atoms with Crippen LogP contribution < -0.4 is 0 Å². The number of rotatable bonds is 3. The number of aromatic amines is 1. The van der Waals surface area contributed by atoms with Gasteiger partial charge >= 0.3 is 0 Å². The van der Waals surface area contributed by atoms with E-state index >= 15 is 0 Å². The van der Waals surface area contributed by atoms with Gasteiger partial charge in [0.05, 0.1) is 19.3 Å². The number of morpholine rings is 1. The van der Waals surface area contributed by atoms with Gasteiger partial charge in [0.15, 0.2) is 0 Å². The SMILES string of the molecule is CC(C)(C)c1cnc(C2COCCN2Cc2ccc(F)cc2)[nH]1. The Balaban J connectivity index is 1.78. The highest BCUT2D eigenvalue weighted by atomic mass is 19.1. The molecular formula is C18H24FN3O. The van der Waals surface area contributed by atoms with Gasteiger partial charge in [0.2, 0.25) is 0 Å². The third kappa shape index (κ3) is 3.79. The first-order valence-electron chi connectivity index (χ1n) is 8.05. The van der Waals surface area contributed by atoms with Crippen LogP contribution in [0.4, 0.5) is 4.39 Å². The van der Waals surface area contributed by atoms with Gasteiger partial charge in [-0.2, -0.15) is 0 Å². The molecule has 1 N–H and O–H groups in total. The van der Waals surface area contributed by atoms with Crippen molar-refractivity contribution >= 4 is 0 Å². The lowest BCUT2D eigenvalue weighted by molar-refractivity contribution is -0.0157. The van der Waals surface area contributed by atoms with Crippen LogP contribution in [-0.2, 0) is 16.7 Å². The fraction of sp³-hybridized carbons (Fsp3) is 0.500. The third-order valence-electron chi connectivity index (χ3n) is 4.26. The van der Waals surface area contributed by atoms with Crippen LogP contribution in [0.2, 0.25) is 0 Å². The molecule has 1 aliphatic rings. The maximum Gasteiger partial charge on any atom is 0.126 e. The van der Waals surface area contributed by atoms with Crippen LogP contribution in [0.5, 0.6) is 0 Å². The number of benzene rings is 1. The van der Waals surface area contributed by atoms with E-state index in [0.29, 0.717) is 13.2 Å². The number of nitrogens with one attached hydrogen (secondary N) is 1. The van der Waals surface area contributed by atoms with Crippen LogP contribution in [0.3, 0.4) is 0 Å². The lowest BCUT2D eigenvalue weighted by atomic mass is 9.93. The summed E-state index contributed by atoms with van der Waals surface area (Å²) >= 11 is 0. The third-order valence-corrected chi connectivity index (χ3v) is 4.26. The second kappa shape index (κ2) is 6.42. The summed E-state index contributed by atoms with van der Waals surface area (Å²) in [6.07, 6.45) is 1.92. The Morgan fingerprint density at radius 1 is 1.30 bits per heavy atom. The first kappa shape index (κ1) is 16.1. The van der Waals surface area contributed by atoms with E-state index in [4.69, 9.17) is 4.74 Å². The molecule has 2 heterocycles. The molecule has 3 rings (SSSR count). The van der Waals surface area contributed by atoms with Gasteiger partial charge in [0.25, 0.3) is 0 Å². The van der Waals surface area contributed by atoms with Crippen molar-refractivity contribution in [1.29, 1.82) is 0 Å². The summed E-state index contributed by atoms with van der Waals surface area (Å²) < 4.78 is 18.7. The van der Waals surface area contributed by atoms with Crippen molar-refractivity contribution in [3.8, 4) is 0 Å². The minimum absolute atomic E-state index is 0.0442. The summed E-state index contributed by atoms with van der Waals surface area (Å²) in [6.45, 7) is 9.43. The molecule has 0 spiro atoms. The minimum Gasteiger partial charge on any atom is -0.378 e. The quantitative estimate of drug-likeness (QED) is 0.943. The molecule has 2 aromatic rings. The van der Waals surface area contributed by atoms with E-state index in [2.05, 4.69) is 35.6 Å². The molecule has 0 bridgehead atoms. The van der Waals surface area contributed by atoms with Gasteiger partial charge in [0, 0.05) is 30.4 Å². The largest absolute Gasteiger partial charge is 0.378 e. The van der Waals surface area contributed by atoms with E-state index in [1.165, 1.54) is 12.1 Å². The molecule has 1 atom stereocenters. The highest BCUT2D eigenvalue weighted by Gasteiger charge is 2.28. The second-order valence-corrected chi connectivity index (χ2v) is 7.12. The number of ether oxygens (including phenoxy) is 1. The normalized spacial score (nSPS) is 19.9. The zero-order valence-electron chi connectivity index (χ0n) is 14.0. The predicted octanol–water partition coefficient (Wildman–Crippen LogP) is 3.42. The van der Waals surface area contributed by atoms with Gasteiger partial charge in [-0.1, -0.05) is 32.9 Å². The highest BCUT2D eigenvalue weighted by molar-refractivity contribution is 5.17. The van der Waals surface area contributed by atoms with Crippen molar-refractivity contribution in [3.05, 3.63) is 53.4 Å². The average Bonchev–Trinajstić information content (AvgIpc) is 3.00. The molecule has 124 valence electrons. The van der Waals surface area contributed by atoms with Crippen LogP contribution in [0, 0.1) is 5.82 Å². The number of aromatic nitrogens is 2. The van der Waals surface area contributed by atoms with Gasteiger partial charge in [-0.3, -0.25) is 4.90 Å². The predicted molar refractivity (Wildman–Crippen MR) is 87.7 cm³/mol. The van der Waals surface area contributed by atoms with Crippen molar-refractivity contribution in [2.75, 3.05) is 19.8 Å². The van der Waals surface area contributed by atoms with Crippen molar-refractivity contribution in [3.63, 3.8) is 0 Å². The molecule has 1 fully saturated rings. The molecule has 1 aliphatic heterocycles. The van der Waals surface area contributed by atoms with Gasteiger partial charge < -0.3 is 9.72 Å². The van der Waals surface area contributed by atoms with E-state index < -0.39 is 0 Å². The first-order chi connectivity index (χ1) is 10.9. The van der Waals surface area contributed by atoms with Gasteiger partial charge in [-0.15, -0.1) is 0 Å². The second-order valence-electron chi connectivity index (χ2n) is 7.12. The molecule has 5 heteroatoms. The maximum atomic E-state index is 13.1. The molecule has 1 aromatic carbocycles. The zero-order chi connectivity index (χ0) is 16.4. The maximum absolute atomic E-state index is 13.1. The zero-order valence-corrected chi connectivity index (χ0v) is 14.0. The Morgan fingerprint density at radius 2 is 2.04 bits per heavy atom. The van der Waals surface area contributed by atoms with Gasteiger partial charge in [0.1, 0.15) is 11.6 Å². The number of nitrogens with zero attached hydrogens (tertiary/aromatic N) is 2. The Bertz CT molecular complexity index is 645. The summed E-state index contributed by atoms with van der Waals surface area (Å²) in [5.74, 6) is 0.741. The smallest absolute Gasteiger partial charge is 0.126 e. The lowest BCUT2D eigenvalue weighted by Gasteiger charge is -2.34. The van der Waals surface area contributed by atoms with Gasteiger partial charge in [-0.05, 0) is 17.7 Å². The molecule has 0 aliphatic carbocycles. The van der Waals surface area contributed by atoms with E-state index in [1.807, 2.05) is 18.3 Å². The molecule has 1 unspecified atom stereocenters. The summed E-state index contributed by atoms with van der Waals surface area (Å²) in [4.78, 5) is 10.4. The Labute approximate surface area is 136 Å². The topological polar surface area (TPSA) is 41.1 Å².